The van der Waals surface area contributed by atoms with E-state index in [2.05, 4.69) is 10.1 Å². The summed E-state index contributed by atoms with van der Waals surface area (Å²) in [5, 5.41) is 2.79. The number of nitrogens with zero attached hydrogens (tertiary/aromatic N) is 3. The van der Waals surface area contributed by atoms with Crippen molar-refractivity contribution >= 4 is 17.4 Å². The summed E-state index contributed by atoms with van der Waals surface area (Å²) in [4.78, 5) is 10.5. The van der Waals surface area contributed by atoms with Crippen LogP contribution in [0.2, 0.25) is 5.02 Å². The van der Waals surface area contributed by atoms with E-state index in [1.807, 2.05) is 0 Å². The molecule has 0 N–H and O–H groups in total. The molecular weight excluding hydrogens is 574 g/mol. The Labute approximate surface area is 225 Å². The van der Waals surface area contributed by atoms with Crippen molar-refractivity contribution in [3.63, 3.8) is 0 Å². The minimum Gasteiger partial charge on any atom is -0.461 e. The summed E-state index contributed by atoms with van der Waals surface area (Å²) in [5.74, 6) is -1.89. The molecule has 14 heteroatoms. The fourth-order valence-electron chi connectivity index (χ4n) is 4.23. The van der Waals surface area contributed by atoms with Gasteiger partial charge in [-0.3, -0.25) is 4.98 Å². The Balaban J connectivity index is 1.66. The predicted molar refractivity (Wildman–Crippen MR) is 126 cm³/mol. The first-order valence-electron chi connectivity index (χ1n) is 11.3. The summed E-state index contributed by atoms with van der Waals surface area (Å²) in [6.45, 7) is -0.394. The number of hydrogen-bond acceptors (Lipinski definition) is 5. The first-order valence-corrected chi connectivity index (χ1v) is 11.6. The second kappa shape index (κ2) is 10.1. The molecule has 208 valence electrons. The van der Waals surface area contributed by atoms with Crippen molar-refractivity contribution in [1.29, 1.82) is 0 Å². The topological polar surface area (TPSA) is 50.9 Å². The van der Waals surface area contributed by atoms with Gasteiger partial charge in [0.25, 0.3) is 0 Å². The van der Waals surface area contributed by atoms with Crippen LogP contribution in [0.5, 0.6) is 0 Å². The van der Waals surface area contributed by atoms with E-state index in [9.17, 15) is 35.1 Å². The predicted octanol–water partition coefficient (Wildman–Crippen LogP) is 8.20. The van der Waals surface area contributed by atoms with Gasteiger partial charge in [-0.25, -0.2) is 8.78 Å². The summed E-state index contributed by atoms with van der Waals surface area (Å²) in [6, 6.07) is 7.75. The zero-order valence-corrected chi connectivity index (χ0v) is 20.5. The molecule has 0 saturated carbocycles. The summed E-state index contributed by atoms with van der Waals surface area (Å²) in [6.07, 6.45) is -8.36. The average molecular weight is 588 g/mol. The highest BCUT2D eigenvalue weighted by Crippen LogP contribution is 2.45. The van der Waals surface area contributed by atoms with Gasteiger partial charge in [0, 0.05) is 18.0 Å². The number of rotatable bonds is 5. The van der Waals surface area contributed by atoms with Crippen molar-refractivity contribution in [3.8, 4) is 11.1 Å². The molecule has 5 rings (SSSR count). The lowest BCUT2D eigenvalue weighted by Crippen LogP contribution is -2.31. The van der Waals surface area contributed by atoms with Gasteiger partial charge in [0.05, 0.1) is 34.5 Å². The molecule has 1 aliphatic heterocycles. The van der Waals surface area contributed by atoms with E-state index < -0.39 is 64.0 Å². The maximum absolute atomic E-state index is 14.7. The third-order valence-electron chi connectivity index (χ3n) is 6.01. The second-order valence-corrected chi connectivity index (χ2v) is 8.91. The van der Waals surface area contributed by atoms with Crippen molar-refractivity contribution < 1.29 is 44.4 Å². The van der Waals surface area contributed by atoms with Crippen molar-refractivity contribution in [3.05, 3.63) is 112 Å². The summed E-state index contributed by atoms with van der Waals surface area (Å²) < 4.78 is 117. The van der Waals surface area contributed by atoms with Crippen LogP contribution in [0.4, 0.5) is 35.1 Å². The van der Waals surface area contributed by atoms with Crippen LogP contribution >= 0.6 is 11.6 Å². The standard InChI is InChI=1S/C26H14ClF8N3O2/c27-22-16(9-14(25(30,31)32)10-17(22)26(33,34)35)24-38(23(37-40-24)20-5-2-8-39-20)12-13-11-36-7-6-15(13)21-18(28)3-1-4-19(21)29/h1-11,24H,12H2/t24-/m0/s1. The number of benzene rings is 2. The highest BCUT2D eigenvalue weighted by molar-refractivity contribution is 6.32. The van der Waals surface area contributed by atoms with E-state index in [0.717, 1.165) is 23.1 Å². The fourth-order valence-corrected chi connectivity index (χ4v) is 4.54. The number of furan rings is 1. The van der Waals surface area contributed by atoms with Gasteiger partial charge in [-0.2, -0.15) is 26.3 Å². The van der Waals surface area contributed by atoms with Gasteiger partial charge in [0.2, 0.25) is 12.1 Å². The quantitative estimate of drug-likeness (QED) is 0.221. The van der Waals surface area contributed by atoms with Crippen molar-refractivity contribution in [2.45, 2.75) is 25.1 Å². The Hall–Kier alpha value is -4.13. The Bertz CT molecular complexity index is 1570. The number of aromatic nitrogens is 1. The monoisotopic (exact) mass is 587 g/mol. The normalized spacial score (nSPS) is 15.8. The van der Waals surface area contributed by atoms with Crippen LogP contribution in [0.15, 0.2) is 76.8 Å². The number of pyridine rings is 1. The summed E-state index contributed by atoms with van der Waals surface area (Å²) >= 11 is 6.03. The van der Waals surface area contributed by atoms with Crippen LogP contribution < -0.4 is 0 Å². The number of halogens is 9. The fraction of sp³-hybridized carbons (Fsp3) is 0.154. The molecule has 0 aliphatic carbocycles. The molecule has 1 atom stereocenters. The number of alkyl halides is 6. The average Bonchev–Trinajstić information content (AvgIpc) is 3.54. The van der Waals surface area contributed by atoms with Crippen LogP contribution in [0.1, 0.15) is 34.2 Å². The SMILES string of the molecule is Fc1cccc(F)c1-c1ccncc1CN1C(c2ccco2)=NO[C@H]1c1cc(C(F)(F)F)cc(C(F)(F)F)c1Cl. The number of hydrogen-bond donors (Lipinski definition) is 0. The van der Waals surface area contributed by atoms with E-state index in [1.165, 1.54) is 36.9 Å². The first-order chi connectivity index (χ1) is 18.9. The van der Waals surface area contributed by atoms with Crippen molar-refractivity contribution in [2.75, 3.05) is 0 Å². The Morgan fingerprint density at radius 1 is 0.925 bits per heavy atom. The van der Waals surface area contributed by atoms with Gasteiger partial charge in [-0.05, 0) is 53.6 Å². The molecule has 0 spiro atoms. The molecule has 0 bridgehead atoms. The van der Waals surface area contributed by atoms with Crippen LogP contribution in [0, 0.1) is 11.6 Å². The lowest BCUT2D eigenvalue weighted by Gasteiger charge is -2.28. The van der Waals surface area contributed by atoms with Gasteiger partial charge in [-0.1, -0.05) is 22.8 Å². The lowest BCUT2D eigenvalue weighted by molar-refractivity contribution is -0.143. The first kappa shape index (κ1) is 27.4. The molecule has 0 fully saturated rings. The maximum Gasteiger partial charge on any atom is 0.417 e. The molecule has 0 radical (unpaired) electrons. The van der Waals surface area contributed by atoms with Crippen LogP contribution in [0.3, 0.4) is 0 Å². The number of amidine groups is 1. The third kappa shape index (κ3) is 5.08. The van der Waals surface area contributed by atoms with Crippen molar-refractivity contribution in [2.24, 2.45) is 5.16 Å². The van der Waals surface area contributed by atoms with E-state index in [4.69, 9.17) is 20.9 Å². The Morgan fingerprint density at radius 2 is 1.65 bits per heavy atom. The zero-order valence-electron chi connectivity index (χ0n) is 19.7. The van der Waals surface area contributed by atoms with Gasteiger partial charge in [-0.15, -0.1) is 0 Å². The molecule has 0 saturated heterocycles. The molecule has 5 nitrogen and oxygen atoms in total. The van der Waals surface area contributed by atoms with Gasteiger partial charge < -0.3 is 14.2 Å². The molecular formula is C26H14ClF8N3O2. The molecule has 2 aromatic carbocycles. The summed E-state index contributed by atoms with van der Waals surface area (Å²) in [5.41, 5.74) is -4.29. The van der Waals surface area contributed by atoms with Gasteiger partial charge >= 0.3 is 12.4 Å². The Morgan fingerprint density at radius 3 is 2.27 bits per heavy atom. The Kier molecular flexibility index (Phi) is 6.94. The highest BCUT2D eigenvalue weighted by atomic mass is 35.5. The largest absolute Gasteiger partial charge is 0.461 e. The minimum atomic E-state index is -5.24. The van der Waals surface area contributed by atoms with Gasteiger partial charge in [0.1, 0.15) is 11.6 Å². The number of oxime groups is 1. The van der Waals surface area contributed by atoms with Crippen LogP contribution in [-0.2, 0) is 23.7 Å². The van der Waals surface area contributed by atoms with Gasteiger partial charge in [0.15, 0.2) is 5.76 Å². The molecule has 3 heterocycles. The molecule has 4 aromatic rings. The van der Waals surface area contributed by atoms with Crippen LogP contribution in [0.25, 0.3) is 11.1 Å². The lowest BCUT2D eigenvalue weighted by atomic mass is 9.99. The van der Waals surface area contributed by atoms with Crippen molar-refractivity contribution in [1.82, 2.24) is 9.88 Å². The van der Waals surface area contributed by atoms with E-state index in [1.54, 1.807) is 0 Å². The highest BCUT2D eigenvalue weighted by Gasteiger charge is 2.43. The van der Waals surface area contributed by atoms with E-state index >= 15 is 0 Å². The third-order valence-corrected chi connectivity index (χ3v) is 6.43. The molecule has 40 heavy (non-hydrogen) atoms. The smallest absolute Gasteiger partial charge is 0.417 e. The minimum absolute atomic E-state index is 0.0289. The molecule has 2 aromatic heterocycles. The van der Waals surface area contributed by atoms with Crippen LogP contribution in [-0.4, -0.2) is 15.7 Å². The van der Waals surface area contributed by atoms with E-state index in [-0.39, 0.29) is 28.8 Å². The van der Waals surface area contributed by atoms with E-state index in [0.29, 0.717) is 6.07 Å². The molecule has 0 unspecified atom stereocenters. The zero-order chi connectivity index (χ0) is 28.8. The maximum atomic E-state index is 14.7. The summed E-state index contributed by atoms with van der Waals surface area (Å²) in [7, 11) is 0. The second-order valence-electron chi connectivity index (χ2n) is 8.53. The molecule has 1 aliphatic rings. The molecule has 0 amide bonds.